The molecule has 0 radical (unpaired) electrons. The molecule has 1 aliphatic rings. The Bertz CT molecular complexity index is 383. The summed E-state index contributed by atoms with van der Waals surface area (Å²) in [4.78, 5) is 17.7. The lowest BCUT2D eigenvalue weighted by Gasteiger charge is -2.21. The van der Waals surface area contributed by atoms with Gasteiger partial charge >= 0.3 is 0 Å². The third-order valence-corrected chi connectivity index (χ3v) is 3.03. The van der Waals surface area contributed by atoms with Crippen molar-refractivity contribution in [3.63, 3.8) is 0 Å². The van der Waals surface area contributed by atoms with Crippen molar-refractivity contribution in [1.29, 1.82) is 0 Å². The van der Waals surface area contributed by atoms with Crippen molar-refractivity contribution in [2.45, 2.75) is 25.0 Å². The summed E-state index contributed by atoms with van der Waals surface area (Å²) in [7, 11) is 1.75. The van der Waals surface area contributed by atoms with Gasteiger partial charge in [-0.25, -0.2) is 0 Å². The third-order valence-electron chi connectivity index (χ3n) is 3.03. The van der Waals surface area contributed by atoms with Crippen molar-refractivity contribution in [2.75, 3.05) is 18.5 Å². The molecule has 1 amide bonds. The van der Waals surface area contributed by atoms with Crippen LogP contribution in [0.1, 0.15) is 12.8 Å². The number of hydrogen-bond donors (Lipinski definition) is 1. The summed E-state index contributed by atoms with van der Waals surface area (Å²) in [6.45, 7) is 0.475. The minimum atomic E-state index is -0.360. The fourth-order valence-corrected chi connectivity index (χ4v) is 1.97. The Morgan fingerprint density at radius 2 is 2.24 bits per heavy atom. The predicted molar refractivity (Wildman–Crippen MR) is 64.6 cm³/mol. The molecule has 2 rings (SSSR count). The number of aromatic nitrogens is 1. The highest BCUT2D eigenvalue weighted by atomic mass is 16.5. The molecule has 2 unspecified atom stereocenters. The molecule has 2 N–H and O–H groups in total. The van der Waals surface area contributed by atoms with Crippen LogP contribution in [-0.2, 0) is 9.53 Å². The van der Waals surface area contributed by atoms with Crippen molar-refractivity contribution >= 4 is 11.6 Å². The molecule has 2 heterocycles. The number of pyridine rings is 1. The molecular formula is C12H17N3O2. The standard InChI is InChI=1S/C12H17N3O2/c1-15(9-4-6-14-7-5-9)12(16)11-3-2-10(8-13)17-11/h4-7,10-11H,2-3,8,13H2,1H3. The van der Waals surface area contributed by atoms with Crippen molar-refractivity contribution in [3.05, 3.63) is 24.5 Å². The second-order valence-corrected chi connectivity index (χ2v) is 4.16. The SMILES string of the molecule is CN(C(=O)C1CCC(CN)O1)c1ccncc1. The van der Waals surface area contributed by atoms with E-state index in [9.17, 15) is 4.79 Å². The number of likely N-dealkylation sites (N-methyl/N-ethyl adjacent to an activating group) is 1. The van der Waals surface area contributed by atoms with Gasteiger partial charge < -0.3 is 15.4 Å². The smallest absolute Gasteiger partial charge is 0.255 e. The Hall–Kier alpha value is -1.46. The van der Waals surface area contributed by atoms with E-state index in [1.54, 1.807) is 36.5 Å². The average Bonchev–Trinajstić information content (AvgIpc) is 2.87. The summed E-state index contributed by atoms with van der Waals surface area (Å²) in [5.41, 5.74) is 6.35. The number of nitrogens with zero attached hydrogens (tertiary/aromatic N) is 2. The van der Waals surface area contributed by atoms with Gasteiger partial charge in [0.05, 0.1) is 6.10 Å². The summed E-state index contributed by atoms with van der Waals surface area (Å²) in [5, 5.41) is 0. The molecule has 1 aromatic rings. The molecule has 2 atom stereocenters. The van der Waals surface area contributed by atoms with E-state index in [0.29, 0.717) is 6.54 Å². The summed E-state index contributed by atoms with van der Waals surface area (Å²) in [6.07, 6.45) is 4.60. The number of ether oxygens (including phenoxy) is 1. The molecule has 0 aliphatic carbocycles. The summed E-state index contributed by atoms with van der Waals surface area (Å²) >= 11 is 0. The molecule has 0 saturated carbocycles. The maximum absolute atomic E-state index is 12.1. The molecule has 5 heteroatoms. The molecule has 0 aromatic carbocycles. The number of carbonyl (C=O) groups is 1. The zero-order valence-electron chi connectivity index (χ0n) is 9.87. The van der Waals surface area contributed by atoms with Gasteiger partial charge in [-0.3, -0.25) is 9.78 Å². The van der Waals surface area contributed by atoms with E-state index in [2.05, 4.69) is 4.98 Å². The number of carbonyl (C=O) groups excluding carboxylic acids is 1. The van der Waals surface area contributed by atoms with Crippen molar-refractivity contribution < 1.29 is 9.53 Å². The summed E-state index contributed by atoms with van der Waals surface area (Å²) in [6, 6.07) is 3.60. The van der Waals surface area contributed by atoms with Gasteiger partial charge in [-0.05, 0) is 25.0 Å². The third kappa shape index (κ3) is 2.62. The van der Waals surface area contributed by atoms with E-state index >= 15 is 0 Å². The van der Waals surface area contributed by atoms with E-state index < -0.39 is 0 Å². The van der Waals surface area contributed by atoms with Crippen LogP contribution in [0, 0.1) is 0 Å². The van der Waals surface area contributed by atoms with Crippen LogP contribution in [0.25, 0.3) is 0 Å². The molecule has 92 valence electrons. The van der Waals surface area contributed by atoms with Crippen LogP contribution in [0.15, 0.2) is 24.5 Å². The number of amides is 1. The largest absolute Gasteiger partial charge is 0.364 e. The Morgan fingerprint density at radius 3 is 2.82 bits per heavy atom. The first-order chi connectivity index (χ1) is 8.22. The first-order valence-corrected chi connectivity index (χ1v) is 5.75. The molecule has 0 spiro atoms. The van der Waals surface area contributed by atoms with Crippen molar-refractivity contribution in [1.82, 2.24) is 4.98 Å². The summed E-state index contributed by atoms with van der Waals surface area (Å²) in [5.74, 6) is -0.0212. The molecule has 0 bridgehead atoms. The maximum Gasteiger partial charge on any atom is 0.255 e. The molecule has 1 aliphatic heterocycles. The van der Waals surface area contributed by atoms with Gasteiger partial charge in [0.15, 0.2) is 0 Å². The van der Waals surface area contributed by atoms with E-state index in [-0.39, 0.29) is 18.1 Å². The normalized spacial score (nSPS) is 23.6. The maximum atomic E-state index is 12.1. The van der Waals surface area contributed by atoms with Crippen LogP contribution in [0.3, 0.4) is 0 Å². The van der Waals surface area contributed by atoms with Gasteiger partial charge in [0.25, 0.3) is 5.91 Å². The fourth-order valence-electron chi connectivity index (χ4n) is 1.97. The number of nitrogens with two attached hydrogens (primary N) is 1. The number of hydrogen-bond acceptors (Lipinski definition) is 4. The molecule has 5 nitrogen and oxygen atoms in total. The Labute approximate surface area is 101 Å². The fraction of sp³-hybridized carbons (Fsp3) is 0.500. The average molecular weight is 235 g/mol. The number of anilines is 1. The molecule has 1 fully saturated rings. The first-order valence-electron chi connectivity index (χ1n) is 5.75. The Balaban J connectivity index is 2.01. The lowest BCUT2D eigenvalue weighted by Crippen LogP contribution is -2.37. The Kier molecular flexibility index (Phi) is 3.71. The highest BCUT2D eigenvalue weighted by molar-refractivity contribution is 5.96. The minimum absolute atomic E-state index is 0.0212. The molecule has 1 saturated heterocycles. The van der Waals surface area contributed by atoms with Crippen LogP contribution < -0.4 is 10.6 Å². The van der Waals surface area contributed by atoms with Gasteiger partial charge in [-0.15, -0.1) is 0 Å². The number of rotatable bonds is 3. The van der Waals surface area contributed by atoms with Crippen LogP contribution >= 0.6 is 0 Å². The quantitative estimate of drug-likeness (QED) is 0.830. The first kappa shape index (κ1) is 12.0. The second kappa shape index (κ2) is 5.25. The van der Waals surface area contributed by atoms with E-state index in [1.807, 2.05) is 0 Å². The van der Waals surface area contributed by atoms with Crippen molar-refractivity contribution in [3.8, 4) is 0 Å². The highest BCUT2D eigenvalue weighted by Crippen LogP contribution is 2.22. The van der Waals surface area contributed by atoms with E-state index in [1.165, 1.54) is 0 Å². The topological polar surface area (TPSA) is 68.5 Å². The van der Waals surface area contributed by atoms with Gasteiger partial charge in [0.1, 0.15) is 6.10 Å². The van der Waals surface area contributed by atoms with Gasteiger partial charge in [-0.2, -0.15) is 0 Å². The van der Waals surface area contributed by atoms with E-state index in [0.717, 1.165) is 18.5 Å². The minimum Gasteiger partial charge on any atom is -0.364 e. The highest BCUT2D eigenvalue weighted by Gasteiger charge is 2.32. The molecular weight excluding hydrogens is 218 g/mol. The van der Waals surface area contributed by atoms with Crippen LogP contribution in [0.4, 0.5) is 5.69 Å². The van der Waals surface area contributed by atoms with Gasteiger partial charge in [0, 0.05) is 31.7 Å². The zero-order chi connectivity index (χ0) is 12.3. The van der Waals surface area contributed by atoms with Gasteiger partial charge in [0.2, 0.25) is 0 Å². The monoisotopic (exact) mass is 235 g/mol. The predicted octanol–water partition coefficient (Wildman–Crippen LogP) is 0.551. The molecule has 17 heavy (non-hydrogen) atoms. The van der Waals surface area contributed by atoms with Crippen LogP contribution in [0.5, 0.6) is 0 Å². The Morgan fingerprint density at radius 1 is 1.53 bits per heavy atom. The van der Waals surface area contributed by atoms with Crippen LogP contribution in [-0.4, -0.2) is 36.7 Å². The van der Waals surface area contributed by atoms with E-state index in [4.69, 9.17) is 10.5 Å². The molecule has 1 aromatic heterocycles. The van der Waals surface area contributed by atoms with Crippen molar-refractivity contribution in [2.24, 2.45) is 5.73 Å². The second-order valence-electron chi connectivity index (χ2n) is 4.16. The lowest BCUT2D eigenvalue weighted by molar-refractivity contribution is -0.128. The zero-order valence-corrected chi connectivity index (χ0v) is 9.87. The van der Waals surface area contributed by atoms with Crippen LogP contribution in [0.2, 0.25) is 0 Å². The summed E-state index contributed by atoms with van der Waals surface area (Å²) < 4.78 is 5.58. The lowest BCUT2D eigenvalue weighted by atomic mass is 10.2. The van der Waals surface area contributed by atoms with Gasteiger partial charge in [-0.1, -0.05) is 0 Å².